The zero-order valence-corrected chi connectivity index (χ0v) is 19.5. The predicted molar refractivity (Wildman–Crippen MR) is 126 cm³/mol. The molecular weight excluding hydrogens is 450 g/mol. The van der Waals surface area contributed by atoms with Crippen LogP contribution in [0.4, 0.5) is 20.3 Å². The lowest BCUT2D eigenvalue weighted by atomic mass is 10.1. The normalized spacial score (nSPS) is 14.5. The van der Waals surface area contributed by atoms with Crippen LogP contribution in [0.25, 0.3) is 6.08 Å². The Kier molecular flexibility index (Phi) is 8.01. The fourth-order valence-electron chi connectivity index (χ4n) is 3.71. The molecule has 1 aliphatic heterocycles. The number of aryl methyl sites for hydroxylation is 1. The maximum atomic E-state index is 14.3. The van der Waals surface area contributed by atoms with Gasteiger partial charge in [0.2, 0.25) is 15.9 Å². The SMILES string of the molecule is Cc1cc(CNC(=O)/C=C/c2ccc(CF)nc2N2CCCCC2)cc(F)c1NS(C)(=O)=O. The highest BCUT2D eigenvalue weighted by Gasteiger charge is 2.16. The summed E-state index contributed by atoms with van der Waals surface area (Å²) in [7, 11) is -3.61. The third-order valence-corrected chi connectivity index (χ3v) is 5.85. The molecule has 3 rings (SSSR count). The van der Waals surface area contributed by atoms with E-state index in [1.54, 1.807) is 31.2 Å². The van der Waals surface area contributed by atoms with Crippen LogP contribution in [0.1, 0.15) is 41.6 Å². The van der Waals surface area contributed by atoms with Crippen LogP contribution in [0.15, 0.2) is 30.3 Å². The monoisotopic (exact) mass is 478 g/mol. The van der Waals surface area contributed by atoms with Gasteiger partial charge in [-0.3, -0.25) is 9.52 Å². The third kappa shape index (κ3) is 6.98. The van der Waals surface area contributed by atoms with E-state index in [0.717, 1.165) is 44.2 Å². The van der Waals surface area contributed by atoms with Crippen LogP contribution in [0.3, 0.4) is 0 Å². The summed E-state index contributed by atoms with van der Waals surface area (Å²) < 4.78 is 52.4. The standard InChI is InChI=1S/C23H28F2N4O3S/c1-16-12-17(13-20(25)22(16)28-33(2,31)32)15-26-21(30)9-7-18-6-8-19(14-24)27-23(18)29-10-4-3-5-11-29/h6-9,12-13,28H,3-5,10-11,14-15H2,1-2H3,(H,26,30)/b9-7+. The number of aromatic nitrogens is 1. The average molecular weight is 479 g/mol. The molecule has 2 aromatic rings. The molecule has 1 amide bonds. The highest BCUT2D eigenvalue weighted by Crippen LogP contribution is 2.25. The number of amides is 1. The first kappa shape index (κ1) is 24.6. The van der Waals surface area contributed by atoms with Gasteiger partial charge in [0.15, 0.2) is 0 Å². The molecule has 1 aromatic heterocycles. The number of nitrogens with one attached hydrogen (secondary N) is 2. The number of rotatable bonds is 8. The highest BCUT2D eigenvalue weighted by atomic mass is 32.2. The summed E-state index contributed by atoms with van der Waals surface area (Å²) in [5, 5.41) is 2.69. The number of halogens is 2. The Morgan fingerprint density at radius 2 is 1.94 bits per heavy atom. The van der Waals surface area contributed by atoms with Crippen LogP contribution in [-0.4, -0.2) is 38.7 Å². The second-order valence-electron chi connectivity index (χ2n) is 8.09. The van der Waals surface area contributed by atoms with Gasteiger partial charge < -0.3 is 10.2 Å². The van der Waals surface area contributed by atoms with Crippen molar-refractivity contribution in [3.63, 3.8) is 0 Å². The third-order valence-electron chi connectivity index (χ3n) is 5.27. The Bertz CT molecular complexity index is 1120. The number of carbonyl (C=O) groups excluding carboxylic acids is 1. The summed E-state index contributed by atoms with van der Waals surface area (Å²) in [6, 6.07) is 6.14. The van der Waals surface area contributed by atoms with Crippen molar-refractivity contribution in [2.45, 2.75) is 39.4 Å². The second-order valence-corrected chi connectivity index (χ2v) is 9.84. The largest absolute Gasteiger partial charge is 0.356 e. The molecule has 1 aliphatic rings. The molecule has 0 bridgehead atoms. The number of piperidine rings is 1. The van der Waals surface area contributed by atoms with Crippen molar-refractivity contribution in [1.29, 1.82) is 0 Å². The Hall–Kier alpha value is -3.01. The minimum absolute atomic E-state index is 0.0676. The Labute approximate surface area is 193 Å². The van der Waals surface area contributed by atoms with E-state index in [0.29, 0.717) is 22.6 Å². The molecule has 2 heterocycles. The van der Waals surface area contributed by atoms with Gasteiger partial charge in [-0.05, 0) is 61.6 Å². The van der Waals surface area contributed by atoms with Gasteiger partial charge in [-0.15, -0.1) is 0 Å². The van der Waals surface area contributed by atoms with Gasteiger partial charge in [0.25, 0.3) is 0 Å². The summed E-state index contributed by atoms with van der Waals surface area (Å²) in [5.74, 6) is -0.434. The Morgan fingerprint density at radius 1 is 1.21 bits per heavy atom. The molecule has 2 N–H and O–H groups in total. The van der Waals surface area contributed by atoms with E-state index in [9.17, 15) is 22.0 Å². The van der Waals surface area contributed by atoms with Gasteiger partial charge in [-0.25, -0.2) is 22.2 Å². The summed E-state index contributed by atoms with van der Waals surface area (Å²) in [4.78, 5) is 18.9. The smallest absolute Gasteiger partial charge is 0.244 e. The van der Waals surface area contributed by atoms with Crippen LogP contribution >= 0.6 is 0 Å². The molecule has 0 radical (unpaired) electrons. The lowest BCUT2D eigenvalue weighted by Crippen LogP contribution is -2.31. The molecule has 33 heavy (non-hydrogen) atoms. The van der Waals surface area contributed by atoms with E-state index in [-0.39, 0.29) is 18.1 Å². The number of anilines is 2. The van der Waals surface area contributed by atoms with Gasteiger partial charge in [0.05, 0.1) is 17.6 Å². The number of hydrogen-bond donors (Lipinski definition) is 2. The molecule has 0 unspecified atom stereocenters. The minimum atomic E-state index is -3.61. The van der Waals surface area contributed by atoms with E-state index in [1.807, 2.05) is 0 Å². The van der Waals surface area contributed by atoms with E-state index < -0.39 is 22.5 Å². The summed E-state index contributed by atoms with van der Waals surface area (Å²) in [6.07, 6.45) is 7.18. The first-order valence-electron chi connectivity index (χ1n) is 10.7. The van der Waals surface area contributed by atoms with Gasteiger partial charge in [0, 0.05) is 31.3 Å². The quantitative estimate of drug-likeness (QED) is 0.565. The number of nitrogens with zero attached hydrogens (tertiary/aromatic N) is 2. The molecule has 1 saturated heterocycles. The van der Waals surface area contributed by atoms with E-state index in [2.05, 4.69) is 19.9 Å². The molecule has 7 nitrogen and oxygen atoms in total. The number of hydrogen-bond acceptors (Lipinski definition) is 5. The highest BCUT2D eigenvalue weighted by molar-refractivity contribution is 7.92. The molecule has 0 spiro atoms. The molecule has 0 aliphatic carbocycles. The van der Waals surface area contributed by atoms with Gasteiger partial charge in [-0.1, -0.05) is 6.07 Å². The summed E-state index contributed by atoms with van der Waals surface area (Å²) in [5.41, 5.74) is 1.87. The molecule has 1 fully saturated rings. The lowest BCUT2D eigenvalue weighted by Gasteiger charge is -2.29. The van der Waals surface area contributed by atoms with Crippen molar-refractivity contribution in [1.82, 2.24) is 10.3 Å². The van der Waals surface area contributed by atoms with Crippen LogP contribution in [0.2, 0.25) is 0 Å². The first-order chi connectivity index (χ1) is 15.7. The first-order valence-corrected chi connectivity index (χ1v) is 12.6. The Morgan fingerprint density at radius 3 is 2.58 bits per heavy atom. The molecule has 10 heteroatoms. The van der Waals surface area contributed by atoms with Crippen molar-refractivity contribution in [3.8, 4) is 0 Å². The number of sulfonamides is 1. The van der Waals surface area contributed by atoms with Crippen molar-refractivity contribution in [2.24, 2.45) is 0 Å². The van der Waals surface area contributed by atoms with Crippen LogP contribution in [0.5, 0.6) is 0 Å². The number of alkyl halides is 1. The Balaban J connectivity index is 1.68. The summed E-state index contributed by atoms with van der Waals surface area (Å²) in [6.45, 7) is 2.67. The maximum Gasteiger partial charge on any atom is 0.244 e. The van der Waals surface area contributed by atoms with Crippen molar-refractivity contribution >= 4 is 33.5 Å². The maximum absolute atomic E-state index is 14.3. The number of carbonyl (C=O) groups is 1. The minimum Gasteiger partial charge on any atom is -0.356 e. The lowest BCUT2D eigenvalue weighted by molar-refractivity contribution is -0.116. The van der Waals surface area contributed by atoms with E-state index >= 15 is 0 Å². The van der Waals surface area contributed by atoms with Crippen LogP contribution < -0.4 is 14.9 Å². The number of benzene rings is 1. The average Bonchev–Trinajstić information content (AvgIpc) is 2.78. The topological polar surface area (TPSA) is 91.4 Å². The molecule has 0 atom stereocenters. The van der Waals surface area contributed by atoms with E-state index in [1.165, 1.54) is 12.1 Å². The van der Waals surface area contributed by atoms with Crippen molar-refractivity contribution in [2.75, 3.05) is 29.0 Å². The predicted octanol–water partition coefficient (Wildman–Crippen LogP) is 3.69. The molecule has 1 aromatic carbocycles. The molecule has 178 valence electrons. The zero-order valence-electron chi connectivity index (χ0n) is 18.7. The fourth-order valence-corrected chi connectivity index (χ4v) is 4.34. The van der Waals surface area contributed by atoms with Crippen molar-refractivity contribution in [3.05, 3.63) is 58.5 Å². The molecule has 0 saturated carbocycles. The van der Waals surface area contributed by atoms with Gasteiger partial charge >= 0.3 is 0 Å². The number of pyridine rings is 1. The van der Waals surface area contributed by atoms with Crippen molar-refractivity contribution < 1.29 is 22.0 Å². The summed E-state index contributed by atoms with van der Waals surface area (Å²) >= 11 is 0. The van der Waals surface area contributed by atoms with Gasteiger partial charge in [-0.2, -0.15) is 0 Å². The van der Waals surface area contributed by atoms with Crippen LogP contribution in [0, 0.1) is 12.7 Å². The fraction of sp³-hybridized carbons (Fsp3) is 0.391. The van der Waals surface area contributed by atoms with Gasteiger partial charge in [0.1, 0.15) is 18.3 Å². The van der Waals surface area contributed by atoms with E-state index in [4.69, 9.17) is 0 Å². The van der Waals surface area contributed by atoms with Crippen LogP contribution in [-0.2, 0) is 28.0 Å². The molecular formula is C23H28F2N4O3S. The second kappa shape index (κ2) is 10.7. The zero-order chi connectivity index (χ0) is 24.0.